The smallest absolute Gasteiger partial charge is 0.243 e. The molecule has 0 fully saturated rings. The van der Waals surface area contributed by atoms with Crippen LogP contribution < -0.4 is 5.73 Å². The van der Waals surface area contributed by atoms with Crippen LogP contribution in [0.2, 0.25) is 0 Å². The molecule has 0 bridgehead atoms. The molecule has 5 heteroatoms. The summed E-state index contributed by atoms with van der Waals surface area (Å²) in [6, 6.07) is 3.27. The molecule has 0 aliphatic carbocycles. The summed E-state index contributed by atoms with van der Waals surface area (Å²) in [5.74, 6) is 0.252. The van der Waals surface area contributed by atoms with Gasteiger partial charge in [-0.25, -0.2) is 8.42 Å². The molecular weight excluding hydrogens is 260 g/mol. The SMILES string of the molecule is Cc1cc(N)cc(S(=O)(=O)N(C)C(C)C(C)C)c1C. The third-order valence-corrected chi connectivity index (χ3v) is 5.91. The van der Waals surface area contributed by atoms with Gasteiger partial charge in [-0.1, -0.05) is 13.8 Å². The summed E-state index contributed by atoms with van der Waals surface area (Å²) < 4.78 is 26.8. The van der Waals surface area contributed by atoms with Crippen LogP contribution >= 0.6 is 0 Å². The molecule has 1 aromatic rings. The van der Waals surface area contributed by atoms with E-state index in [4.69, 9.17) is 5.73 Å². The van der Waals surface area contributed by atoms with Crippen molar-refractivity contribution in [3.8, 4) is 0 Å². The zero-order valence-corrected chi connectivity index (χ0v) is 13.4. The normalized spacial score (nSPS) is 14.1. The largest absolute Gasteiger partial charge is 0.399 e. The van der Waals surface area contributed by atoms with Crippen molar-refractivity contribution in [2.75, 3.05) is 12.8 Å². The van der Waals surface area contributed by atoms with Gasteiger partial charge in [0.05, 0.1) is 4.90 Å². The summed E-state index contributed by atoms with van der Waals surface area (Å²) in [6.07, 6.45) is 0. The fraction of sp³-hybridized carbons (Fsp3) is 0.571. The van der Waals surface area contributed by atoms with Gasteiger partial charge in [0.25, 0.3) is 0 Å². The first-order valence-electron chi connectivity index (χ1n) is 6.43. The van der Waals surface area contributed by atoms with E-state index in [9.17, 15) is 8.42 Å². The molecular formula is C14H24N2O2S. The van der Waals surface area contributed by atoms with Gasteiger partial charge in [-0.15, -0.1) is 0 Å². The first-order valence-corrected chi connectivity index (χ1v) is 7.87. The van der Waals surface area contributed by atoms with Gasteiger partial charge in [-0.2, -0.15) is 4.31 Å². The van der Waals surface area contributed by atoms with Crippen LogP contribution in [0.3, 0.4) is 0 Å². The van der Waals surface area contributed by atoms with Crippen molar-refractivity contribution in [3.63, 3.8) is 0 Å². The standard InChI is InChI=1S/C14H24N2O2S/c1-9(2)12(5)16(6)19(17,18)14-8-13(15)7-10(3)11(14)4/h7-9,12H,15H2,1-6H3. The highest BCUT2D eigenvalue weighted by Crippen LogP contribution is 2.26. The highest BCUT2D eigenvalue weighted by atomic mass is 32.2. The summed E-state index contributed by atoms with van der Waals surface area (Å²) in [5, 5.41) is 0. The lowest BCUT2D eigenvalue weighted by atomic mass is 10.1. The Bertz CT molecular complexity index is 565. The van der Waals surface area contributed by atoms with Gasteiger partial charge < -0.3 is 5.73 Å². The highest BCUT2D eigenvalue weighted by Gasteiger charge is 2.28. The monoisotopic (exact) mass is 284 g/mol. The molecule has 1 unspecified atom stereocenters. The van der Waals surface area contributed by atoms with E-state index in [2.05, 4.69) is 0 Å². The van der Waals surface area contributed by atoms with Crippen LogP contribution in [0, 0.1) is 19.8 Å². The van der Waals surface area contributed by atoms with Crippen molar-refractivity contribution in [1.82, 2.24) is 4.31 Å². The predicted molar refractivity (Wildman–Crippen MR) is 79.6 cm³/mol. The summed E-state index contributed by atoms with van der Waals surface area (Å²) in [6.45, 7) is 9.62. The van der Waals surface area contributed by atoms with Crippen LogP contribution in [-0.4, -0.2) is 25.8 Å². The molecule has 0 heterocycles. The maximum absolute atomic E-state index is 12.7. The number of nitrogen functional groups attached to an aromatic ring is 1. The Balaban J connectivity index is 3.36. The molecule has 0 spiro atoms. The summed E-state index contributed by atoms with van der Waals surface area (Å²) in [7, 11) is -1.88. The Morgan fingerprint density at radius 1 is 1.16 bits per heavy atom. The Hall–Kier alpha value is -1.07. The molecule has 1 rings (SSSR count). The Morgan fingerprint density at radius 3 is 2.16 bits per heavy atom. The lowest BCUT2D eigenvalue weighted by molar-refractivity contribution is 0.315. The second-order valence-electron chi connectivity index (χ2n) is 5.47. The summed E-state index contributed by atoms with van der Waals surface area (Å²) in [4.78, 5) is 0.306. The van der Waals surface area contributed by atoms with E-state index in [0.29, 0.717) is 10.6 Å². The second kappa shape index (κ2) is 5.51. The number of hydrogen-bond donors (Lipinski definition) is 1. The Morgan fingerprint density at radius 2 is 1.68 bits per heavy atom. The number of sulfonamides is 1. The molecule has 4 nitrogen and oxygen atoms in total. The molecule has 108 valence electrons. The number of benzene rings is 1. The van der Waals surface area contributed by atoms with E-state index in [0.717, 1.165) is 11.1 Å². The lowest BCUT2D eigenvalue weighted by Crippen LogP contribution is -2.38. The molecule has 19 heavy (non-hydrogen) atoms. The number of anilines is 1. The number of nitrogens with two attached hydrogens (primary N) is 1. The van der Waals surface area contributed by atoms with E-state index in [1.165, 1.54) is 4.31 Å². The molecule has 0 aliphatic heterocycles. The minimum atomic E-state index is -3.51. The molecule has 0 saturated carbocycles. The molecule has 2 N–H and O–H groups in total. The van der Waals surface area contributed by atoms with Crippen LogP contribution in [0.25, 0.3) is 0 Å². The van der Waals surface area contributed by atoms with Gasteiger partial charge in [-0.3, -0.25) is 0 Å². The van der Waals surface area contributed by atoms with Crippen molar-refractivity contribution in [2.24, 2.45) is 5.92 Å². The van der Waals surface area contributed by atoms with Crippen LogP contribution in [0.1, 0.15) is 31.9 Å². The van der Waals surface area contributed by atoms with Gasteiger partial charge in [0.15, 0.2) is 0 Å². The number of nitrogens with zero attached hydrogens (tertiary/aromatic N) is 1. The fourth-order valence-electron chi connectivity index (χ4n) is 1.92. The van der Waals surface area contributed by atoms with Crippen LogP contribution in [0.4, 0.5) is 5.69 Å². The fourth-order valence-corrected chi connectivity index (χ4v) is 3.74. The predicted octanol–water partition coefficient (Wildman–Crippen LogP) is 2.55. The third-order valence-electron chi connectivity index (χ3n) is 3.84. The van der Waals surface area contributed by atoms with Crippen molar-refractivity contribution >= 4 is 15.7 Å². The van der Waals surface area contributed by atoms with E-state index in [-0.39, 0.29) is 12.0 Å². The Kier molecular flexibility index (Phi) is 4.63. The van der Waals surface area contributed by atoms with E-state index >= 15 is 0 Å². The third kappa shape index (κ3) is 3.09. The van der Waals surface area contributed by atoms with Crippen molar-refractivity contribution < 1.29 is 8.42 Å². The zero-order valence-electron chi connectivity index (χ0n) is 12.6. The first-order chi connectivity index (χ1) is 8.59. The number of aryl methyl sites for hydroxylation is 1. The van der Waals surface area contributed by atoms with Crippen molar-refractivity contribution in [3.05, 3.63) is 23.3 Å². The highest BCUT2D eigenvalue weighted by molar-refractivity contribution is 7.89. The van der Waals surface area contributed by atoms with E-state index < -0.39 is 10.0 Å². The minimum Gasteiger partial charge on any atom is -0.399 e. The van der Waals surface area contributed by atoms with Crippen LogP contribution in [0.5, 0.6) is 0 Å². The van der Waals surface area contributed by atoms with Gasteiger partial charge in [0, 0.05) is 18.8 Å². The topological polar surface area (TPSA) is 63.4 Å². The second-order valence-corrected chi connectivity index (χ2v) is 7.43. The van der Waals surface area contributed by atoms with Crippen molar-refractivity contribution in [2.45, 2.75) is 45.6 Å². The quantitative estimate of drug-likeness (QED) is 0.864. The maximum atomic E-state index is 12.7. The lowest BCUT2D eigenvalue weighted by Gasteiger charge is -2.28. The van der Waals surface area contributed by atoms with Crippen LogP contribution in [0.15, 0.2) is 17.0 Å². The average molecular weight is 284 g/mol. The first kappa shape index (κ1) is 16.0. The van der Waals surface area contributed by atoms with Gasteiger partial charge in [0.1, 0.15) is 0 Å². The molecule has 0 amide bonds. The van der Waals surface area contributed by atoms with E-state index in [1.54, 1.807) is 19.2 Å². The summed E-state index contributed by atoms with van der Waals surface area (Å²) >= 11 is 0. The van der Waals surface area contributed by atoms with Gasteiger partial charge in [-0.05, 0) is 49.9 Å². The van der Waals surface area contributed by atoms with Gasteiger partial charge >= 0.3 is 0 Å². The number of hydrogen-bond acceptors (Lipinski definition) is 3. The Labute approximate surface area is 116 Å². The maximum Gasteiger partial charge on any atom is 0.243 e. The van der Waals surface area contributed by atoms with Crippen LogP contribution in [-0.2, 0) is 10.0 Å². The van der Waals surface area contributed by atoms with Crippen molar-refractivity contribution in [1.29, 1.82) is 0 Å². The molecule has 0 aromatic heterocycles. The summed E-state index contributed by atoms with van der Waals surface area (Å²) in [5.41, 5.74) is 7.91. The van der Waals surface area contributed by atoms with Gasteiger partial charge in [0.2, 0.25) is 10.0 Å². The molecule has 1 aromatic carbocycles. The van der Waals surface area contributed by atoms with E-state index in [1.807, 2.05) is 34.6 Å². The zero-order chi connectivity index (χ0) is 15.0. The minimum absolute atomic E-state index is 0.0638. The average Bonchev–Trinajstić information content (AvgIpc) is 2.31. The molecule has 0 aliphatic rings. The molecule has 1 atom stereocenters. The number of rotatable bonds is 4. The molecule has 0 radical (unpaired) electrons. The molecule has 0 saturated heterocycles.